The number of sulfone groups is 1. The van der Waals surface area contributed by atoms with Crippen molar-refractivity contribution in [2.75, 3.05) is 18.0 Å². The van der Waals surface area contributed by atoms with E-state index in [1.54, 1.807) is 15.9 Å². The van der Waals surface area contributed by atoms with Gasteiger partial charge in [0.15, 0.2) is 4.91 Å². The maximum Gasteiger partial charge on any atom is 0.267 e. The molecule has 4 rings (SSSR count). The molecule has 1 amide bonds. The zero-order valence-corrected chi connectivity index (χ0v) is 17.1. The number of fused-ring (bicyclic) bond motifs is 1. The Hall–Kier alpha value is -2.31. The maximum absolute atomic E-state index is 13.3. The largest absolute Gasteiger partial charge is 0.338 e. The number of likely N-dealkylation sites (tertiary alicyclic amines) is 1. The summed E-state index contributed by atoms with van der Waals surface area (Å²) in [4.78, 5) is 16.4. The summed E-state index contributed by atoms with van der Waals surface area (Å²) >= 11 is 6.14. The van der Waals surface area contributed by atoms with E-state index in [0.29, 0.717) is 29.7 Å². The van der Waals surface area contributed by atoms with Gasteiger partial charge in [-0.25, -0.2) is 8.42 Å². The minimum absolute atomic E-state index is 0.0944. The van der Waals surface area contributed by atoms with Crippen LogP contribution >= 0.6 is 11.6 Å². The molecule has 146 valence electrons. The summed E-state index contributed by atoms with van der Waals surface area (Å²) in [7, 11) is -3.93. The number of carbonyl (C=O) groups excluding carboxylic acids is 1. The summed E-state index contributed by atoms with van der Waals surface area (Å²) in [6.07, 6.45) is 3.20. The molecule has 0 N–H and O–H groups in total. The number of halogens is 1. The smallest absolute Gasteiger partial charge is 0.267 e. The molecule has 5 nitrogen and oxygen atoms in total. The summed E-state index contributed by atoms with van der Waals surface area (Å²) < 4.78 is 26.5. The number of piperidine rings is 1. The van der Waals surface area contributed by atoms with Crippen LogP contribution in [0.1, 0.15) is 19.8 Å². The molecule has 2 aromatic carbocycles. The monoisotopic (exact) mass is 416 g/mol. The molecule has 1 saturated heterocycles. The molecule has 28 heavy (non-hydrogen) atoms. The first kappa shape index (κ1) is 19.0. The van der Waals surface area contributed by atoms with E-state index >= 15 is 0 Å². The lowest BCUT2D eigenvalue weighted by atomic mass is 9.99. The Morgan fingerprint density at radius 3 is 2.43 bits per heavy atom. The van der Waals surface area contributed by atoms with Crippen molar-refractivity contribution in [1.82, 2.24) is 4.90 Å². The van der Waals surface area contributed by atoms with Gasteiger partial charge >= 0.3 is 0 Å². The Bertz CT molecular complexity index is 1040. The molecule has 7 heteroatoms. The van der Waals surface area contributed by atoms with Crippen molar-refractivity contribution < 1.29 is 13.2 Å². The van der Waals surface area contributed by atoms with Crippen LogP contribution in [0.25, 0.3) is 0 Å². The van der Waals surface area contributed by atoms with E-state index in [1.165, 1.54) is 18.3 Å². The molecule has 0 bridgehead atoms. The number of anilines is 2. The quantitative estimate of drug-likeness (QED) is 0.729. The van der Waals surface area contributed by atoms with Crippen LogP contribution in [0.2, 0.25) is 5.02 Å². The molecule has 2 aromatic rings. The van der Waals surface area contributed by atoms with Crippen LogP contribution in [0.15, 0.2) is 64.5 Å². The van der Waals surface area contributed by atoms with Gasteiger partial charge in [-0.15, -0.1) is 0 Å². The van der Waals surface area contributed by atoms with Gasteiger partial charge in [0.25, 0.3) is 5.91 Å². The zero-order chi connectivity index (χ0) is 19.9. The van der Waals surface area contributed by atoms with Crippen LogP contribution in [0.3, 0.4) is 0 Å². The fourth-order valence-electron chi connectivity index (χ4n) is 3.62. The lowest BCUT2D eigenvalue weighted by molar-refractivity contribution is -0.127. The number of nitrogens with zero attached hydrogens (tertiary/aromatic N) is 2. The zero-order valence-electron chi connectivity index (χ0n) is 15.5. The summed E-state index contributed by atoms with van der Waals surface area (Å²) in [5, 5.41) is 0.433. The Morgan fingerprint density at radius 2 is 1.75 bits per heavy atom. The molecular weight excluding hydrogens is 396 g/mol. The molecular formula is C21H21ClN2O3S. The predicted molar refractivity (Wildman–Crippen MR) is 110 cm³/mol. The van der Waals surface area contributed by atoms with Gasteiger partial charge in [0.05, 0.1) is 10.6 Å². The highest BCUT2D eigenvalue weighted by molar-refractivity contribution is 7.96. The summed E-state index contributed by atoms with van der Waals surface area (Å²) in [6, 6.07) is 14.0. The van der Waals surface area contributed by atoms with E-state index in [2.05, 4.69) is 6.92 Å². The topological polar surface area (TPSA) is 57.7 Å². The molecule has 0 spiro atoms. The SMILES string of the molecule is CC1CCN(C(=O)C2=CN(c3ccccc3)c3cc(Cl)ccc3S2(=O)=O)CC1. The lowest BCUT2D eigenvalue weighted by Gasteiger charge is -2.33. The van der Waals surface area contributed by atoms with E-state index in [0.717, 1.165) is 18.5 Å². The van der Waals surface area contributed by atoms with Crippen LogP contribution in [-0.4, -0.2) is 32.3 Å². The van der Waals surface area contributed by atoms with Crippen LogP contribution in [0.5, 0.6) is 0 Å². The molecule has 0 unspecified atom stereocenters. The molecule has 0 aromatic heterocycles. The van der Waals surface area contributed by atoms with Gasteiger partial charge in [-0.1, -0.05) is 36.7 Å². The summed E-state index contributed by atoms with van der Waals surface area (Å²) in [6.45, 7) is 3.30. The van der Waals surface area contributed by atoms with Gasteiger partial charge in [-0.05, 0) is 49.1 Å². The van der Waals surface area contributed by atoms with Crippen molar-refractivity contribution in [2.24, 2.45) is 5.92 Å². The van der Waals surface area contributed by atoms with E-state index in [1.807, 2.05) is 30.3 Å². The highest BCUT2D eigenvalue weighted by Gasteiger charge is 2.38. The highest BCUT2D eigenvalue weighted by atomic mass is 35.5. The van der Waals surface area contributed by atoms with Gasteiger partial charge in [-0.3, -0.25) is 4.79 Å². The average molecular weight is 417 g/mol. The third kappa shape index (κ3) is 3.31. The maximum atomic E-state index is 13.3. The first-order chi connectivity index (χ1) is 13.4. The Balaban J connectivity index is 1.83. The standard InChI is InChI=1S/C21H21ClN2O3S/c1-15-9-11-23(12-10-15)21(25)20-14-24(17-5-3-2-4-6-17)18-13-16(22)7-8-19(18)28(20,26)27/h2-8,13-15H,9-12H2,1H3. The van der Waals surface area contributed by atoms with Gasteiger partial charge in [0, 0.05) is 30.0 Å². The number of amides is 1. The average Bonchev–Trinajstić information content (AvgIpc) is 2.68. The Kier molecular flexibility index (Phi) is 4.93. The van der Waals surface area contributed by atoms with Crippen LogP contribution in [-0.2, 0) is 14.6 Å². The van der Waals surface area contributed by atoms with Crippen molar-refractivity contribution in [1.29, 1.82) is 0 Å². The molecule has 2 aliphatic rings. The normalized spacial score (nSPS) is 19.1. The number of carbonyl (C=O) groups is 1. The molecule has 2 aliphatic heterocycles. The van der Waals surface area contributed by atoms with Crippen LogP contribution in [0.4, 0.5) is 11.4 Å². The van der Waals surface area contributed by atoms with Gasteiger partial charge < -0.3 is 9.80 Å². The lowest BCUT2D eigenvalue weighted by Crippen LogP contribution is -2.41. The number of rotatable bonds is 2. The molecule has 0 atom stereocenters. The first-order valence-corrected chi connectivity index (χ1v) is 11.1. The van der Waals surface area contributed by atoms with E-state index in [-0.39, 0.29) is 9.80 Å². The van der Waals surface area contributed by atoms with Crippen LogP contribution in [0, 0.1) is 5.92 Å². The molecule has 0 saturated carbocycles. The second-order valence-electron chi connectivity index (χ2n) is 7.29. The minimum atomic E-state index is -3.93. The molecule has 0 aliphatic carbocycles. The number of para-hydroxylation sites is 1. The van der Waals surface area contributed by atoms with Gasteiger partial charge in [0.2, 0.25) is 9.84 Å². The van der Waals surface area contributed by atoms with Crippen molar-refractivity contribution in [3.63, 3.8) is 0 Å². The molecule has 1 fully saturated rings. The van der Waals surface area contributed by atoms with E-state index in [4.69, 9.17) is 11.6 Å². The summed E-state index contributed by atoms with van der Waals surface area (Å²) in [5.74, 6) is 0.109. The fraction of sp³-hybridized carbons (Fsp3) is 0.286. The third-order valence-corrected chi connectivity index (χ3v) is 7.34. The Morgan fingerprint density at radius 1 is 1.07 bits per heavy atom. The minimum Gasteiger partial charge on any atom is -0.338 e. The summed E-state index contributed by atoms with van der Waals surface area (Å²) in [5.41, 5.74) is 1.21. The molecule has 0 radical (unpaired) electrons. The van der Waals surface area contributed by atoms with Crippen molar-refractivity contribution in [3.8, 4) is 0 Å². The number of hydrogen-bond acceptors (Lipinski definition) is 4. The second kappa shape index (κ2) is 7.26. The number of benzene rings is 2. The third-order valence-electron chi connectivity index (χ3n) is 5.32. The van der Waals surface area contributed by atoms with Crippen LogP contribution < -0.4 is 4.90 Å². The van der Waals surface area contributed by atoms with E-state index < -0.39 is 15.7 Å². The van der Waals surface area contributed by atoms with Gasteiger partial charge in [-0.2, -0.15) is 0 Å². The Labute approximate surface area is 170 Å². The fourth-order valence-corrected chi connectivity index (χ4v) is 5.31. The highest BCUT2D eigenvalue weighted by Crippen LogP contribution is 2.41. The van der Waals surface area contributed by atoms with E-state index in [9.17, 15) is 13.2 Å². The van der Waals surface area contributed by atoms with Crippen molar-refractivity contribution in [2.45, 2.75) is 24.7 Å². The van der Waals surface area contributed by atoms with Gasteiger partial charge in [0.1, 0.15) is 0 Å². The first-order valence-electron chi connectivity index (χ1n) is 9.28. The number of hydrogen-bond donors (Lipinski definition) is 0. The predicted octanol–water partition coefficient (Wildman–Crippen LogP) is 4.37. The molecule has 2 heterocycles. The van der Waals surface area contributed by atoms with Crippen molar-refractivity contribution >= 4 is 38.7 Å². The van der Waals surface area contributed by atoms with Crippen molar-refractivity contribution in [3.05, 3.63) is 64.7 Å². The second-order valence-corrected chi connectivity index (χ2v) is 9.61.